The van der Waals surface area contributed by atoms with Gasteiger partial charge in [-0.2, -0.15) is 0 Å². The zero-order valence-electron chi connectivity index (χ0n) is 15.8. The topological polar surface area (TPSA) is 22.1 Å². The van der Waals surface area contributed by atoms with Crippen molar-refractivity contribution in [2.24, 2.45) is 0 Å². The lowest BCUT2D eigenvalue weighted by Gasteiger charge is -2.10. The summed E-state index contributed by atoms with van der Waals surface area (Å²) in [6.45, 7) is 5.08. The number of ether oxygens (including phenoxy) is 1. The minimum absolute atomic E-state index is 0.781. The summed E-state index contributed by atoms with van der Waals surface area (Å²) in [6.07, 6.45) is 13.5. The quantitative estimate of drug-likeness (QED) is 0.339. The van der Waals surface area contributed by atoms with Crippen LogP contribution < -0.4 is 4.74 Å². The number of hydrogen-bond donors (Lipinski definition) is 0. The highest BCUT2D eigenvalue weighted by Gasteiger charge is 2.07. The molecule has 1 aromatic heterocycles. The Hall–Kier alpha value is -1.09. The largest absolute Gasteiger partial charge is 0.491 e. The van der Waals surface area contributed by atoms with Crippen molar-refractivity contribution in [3.63, 3.8) is 0 Å². The van der Waals surface area contributed by atoms with Crippen molar-refractivity contribution < 1.29 is 4.74 Å². The van der Waals surface area contributed by atoms with Crippen molar-refractivity contribution >= 4 is 26.8 Å². The van der Waals surface area contributed by atoms with E-state index in [1.807, 2.05) is 25.1 Å². The second-order valence-corrected chi connectivity index (χ2v) is 7.78. The Morgan fingerprint density at radius 1 is 0.840 bits per heavy atom. The van der Waals surface area contributed by atoms with Crippen molar-refractivity contribution in [1.82, 2.24) is 4.98 Å². The number of rotatable bonds is 12. The summed E-state index contributed by atoms with van der Waals surface area (Å²) in [5.74, 6) is 0.901. The fourth-order valence-electron chi connectivity index (χ4n) is 3.14. The van der Waals surface area contributed by atoms with Gasteiger partial charge in [0.25, 0.3) is 0 Å². The second kappa shape index (κ2) is 11.5. The number of aromatic nitrogens is 1. The number of pyridine rings is 1. The minimum Gasteiger partial charge on any atom is -0.491 e. The van der Waals surface area contributed by atoms with E-state index in [4.69, 9.17) is 4.74 Å². The fraction of sp³-hybridized carbons (Fsp3) is 0.591. The van der Waals surface area contributed by atoms with Gasteiger partial charge in [-0.15, -0.1) is 0 Å². The molecular weight excluding hydrogens is 374 g/mol. The molecule has 138 valence electrons. The van der Waals surface area contributed by atoms with Crippen LogP contribution in [0, 0.1) is 6.92 Å². The van der Waals surface area contributed by atoms with E-state index in [1.54, 1.807) is 0 Å². The highest BCUT2D eigenvalue weighted by molar-refractivity contribution is 9.10. The Labute approximate surface area is 161 Å². The van der Waals surface area contributed by atoms with Crippen molar-refractivity contribution in [2.45, 2.75) is 78.1 Å². The van der Waals surface area contributed by atoms with Gasteiger partial charge in [-0.25, -0.2) is 4.98 Å². The van der Waals surface area contributed by atoms with E-state index in [1.165, 1.54) is 57.8 Å². The van der Waals surface area contributed by atoms with E-state index in [2.05, 4.69) is 33.9 Å². The first kappa shape index (κ1) is 20.2. The van der Waals surface area contributed by atoms with E-state index < -0.39 is 0 Å². The lowest BCUT2D eigenvalue weighted by atomic mass is 10.1. The normalized spacial score (nSPS) is 11.2. The molecule has 0 saturated carbocycles. The van der Waals surface area contributed by atoms with Crippen LogP contribution in [0.1, 0.15) is 76.8 Å². The van der Waals surface area contributed by atoms with Crippen LogP contribution in [-0.4, -0.2) is 11.6 Å². The van der Waals surface area contributed by atoms with Crippen LogP contribution in [-0.2, 0) is 0 Å². The maximum atomic E-state index is 6.02. The molecular formula is C22H32BrNO. The second-order valence-electron chi connectivity index (χ2n) is 6.92. The van der Waals surface area contributed by atoms with Crippen LogP contribution in [0.3, 0.4) is 0 Å². The average molecular weight is 406 g/mol. The van der Waals surface area contributed by atoms with Crippen LogP contribution in [0.5, 0.6) is 5.75 Å². The number of halogens is 1. The number of aryl methyl sites for hydroxylation is 1. The number of benzene rings is 1. The van der Waals surface area contributed by atoms with Crippen LogP contribution in [0.25, 0.3) is 10.9 Å². The van der Waals surface area contributed by atoms with Gasteiger partial charge in [0.2, 0.25) is 0 Å². The molecule has 3 heteroatoms. The Morgan fingerprint density at radius 2 is 1.48 bits per heavy atom. The molecule has 2 nitrogen and oxygen atoms in total. The lowest BCUT2D eigenvalue weighted by molar-refractivity contribution is 0.307. The molecule has 0 bridgehead atoms. The fourth-order valence-corrected chi connectivity index (χ4v) is 3.60. The highest BCUT2D eigenvalue weighted by atomic mass is 79.9. The van der Waals surface area contributed by atoms with Crippen LogP contribution in [0.2, 0.25) is 0 Å². The van der Waals surface area contributed by atoms with Gasteiger partial charge >= 0.3 is 0 Å². The standard InChI is InChI=1S/C22H32BrNO/c1-3-4-5-6-7-8-9-10-11-12-17-25-21-16-15-20(23)19-14-13-18(2)24-22(19)21/h13-16H,3-12,17H2,1-2H3. The number of fused-ring (bicyclic) bond motifs is 1. The predicted octanol–water partition coefficient (Wildman–Crippen LogP) is 7.61. The van der Waals surface area contributed by atoms with Gasteiger partial charge < -0.3 is 4.74 Å². The molecule has 0 saturated heterocycles. The zero-order chi connectivity index (χ0) is 17.9. The summed E-state index contributed by atoms with van der Waals surface area (Å²) in [5.41, 5.74) is 1.98. The molecule has 0 aliphatic carbocycles. The molecule has 0 unspecified atom stereocenters. The van der Waals surface area contributed by atoms with Crippen molar-refractivity contribution in [3.8, 4) is 5.75 Å². The van der Waals surface area contributed by atoms with Crippen LogP contribution in [0.4, 0.5) is 0 Å². The van der Waals surface area contributed by atoms with Crippen molar-refractivity contribution in [1.29, 1.82) is 0 Å². The van der Waals surface area contributed by atoms with Gasteiger partial charge in [0, 0.05) is 15.6 Å². The molecule has 2 rings (SSSR count). The van der Waals surface area contributed by atoms with E-state index in [0.717, 1.165) is 39.8 Å². The summed E-state index contributed by atoms with van der Waals surface area (Å²) in [4.78, 5) is 4.65. The molecule has 0 N–H and O–H groups in total. The zero-order valence-corrected chi connectivity index (χ0v) is 17.4. The first-order valence-electron chi connectivity index (χ1n) is 9.91. The number of nitrogens with zero attached hydrogens (tertiary/aromatic N) is 1. The molecule has 25 heavy (non-hydrogen) atoms. The Kier molecular flexibility index (Phi) is 9.31. The summed E-state index contributed by atoms with van der Waals surface area (Å²) in [6, 6.07) is 8.22. The Morgan fingerprint density at radius 3 is 2.16 bits per heavy atom. The maximum absolute atomic E-state index is 6.02. The lowest BCUT2D eigenvalue weighted by Crippen LogP contribution is -1.99. The van der Waals surface area contributed by atoms with E-state index in [9.17, 15) is 0 Å². The molecule has 0 radical (unpaired) electrons. The minimum atomic E-state index is 0.781. The van der Waals surface area contributed by atoms with E-state index >= 15 is 0 Å². The molecule has 0 atom stereocenters. The van der Waals surface area contributed by atoms with Crippen LogP contribution in [0.15, 0.2) is 28.7 Å². The molecule has 1 aromatic carbocycles. The molecule has 0 amide bonds. The molecule has 0 aliphatic heterocycles. The molecule has 0 spiro atoms. The van der Waals surface area contributed by atoms with Crippen LogP contribution >= 0.6 is 15.9 Å². The number of hydrogen-bond acceptors (Lipinski definition) is 2. The molecule has 0 aliphatic rings. The molecule has 0 fully saturated rings. The van der Waals surface area contributed by atoms with Gasteiger partial charge in [0.1, 0.15) is 11.3 Å². The summed E-state index contributed by atoms with van der Waals surface area (Å²) >= 11 is 3.60. The van der Waals surface area contributed by atoms with Gasteiger partial charge in [-0.1, -0.05) is 80.6 Å². The van der Waals surface area contributed by atoms with E-state index in [0.29, 0.717) is 0 Å². The number of unbranched alkanes of at least 4 members (excludes halogenated alkanes) is 9. The summed E-state index contributed by atoms with van der Waals surface area (Å²) in [7, 11) is 0. The monoisotopic (exact) mass is 405 g/mol. The van der Waals surface area contributed by atoms with Gasteiger partial charge in [0.05, 0.1) is 6.61 Å². The van der Waals surface area contributed by atoms with Gasteiger partial charge in [-0.05, 0) is 37.6 Å². The summed E-state index contributed by atoms with van der Waals surface area (Å²) < 4.78 is 7.09. The SMILES string of the molecule is CCCCCCCCCCCCOc1ccc(Br)c2ccc(C)nc12. The van der Waals surface area contributed by atoms with Crippen molar-refractivity contribution in [3.05, 3.63) is 34.4 Å². The third-order valence-electron chi connectivity index (χ3n) is 4.66. The van der Waals surface area contributed by atoms with Crippen molar-refractivity contribution in [2.75, 3.05) is 6.61 Å². The summed E-state index contributed by atoms with van der Waals surface area (Å²) in [5, 5.41) is 1.12. The maximum Gasteiger partial charge on any atom is 0.145 e. The third kappa shape index (κ3) is 6.97. The van der Waals surface area contributed by atoms with Gasteiger partial charge in [0.15, 0.2) is 0 Å². The smallest absolute Gasteiger partial charge is 0.145 e. The molecule has 1 heterocycles. The molecule has 2 aromatic rings. The predicted molar refractivity (Wildman–Crippen MR) is 112 cm³/mol. The Bertz CT molecular complexity index is 641. The first-order chi connectivity index (χ1) is 12.2. The van der Waals surface area contributed by atoms with Gasteiger partial charge in [-0.3, -0.25) is 0 Å². The first-order valence-corrected chi connectivity index (χ1v) is 10.7. The third-order valence-corrected chi connectivity index (χ3v) is 5.35. The average Bonchev–Trinajstić information content (AvgIpc) is 2.61. The highest BCUT2D eigenvalue weighted by Crippen LogP contribution is 2.30. The Balaban J connectivity index is 1.65. The van der Waals surface area contributed by atoms with E-state index in [-0.39, 0.29) is 0 Å².